The van der Waals surface area contributed by atoms with Gasteiger partial charge in [-0.25, -0.2) is 0 Å². The molecule has 2 aromatic rings. The molecular formula is C30H39NO8. The molecule has 1 aliphatic heterocycles. The van der Waals surface area contributed by atoms with Crippen LogP contribution in [0.4, 0.5) is 0 Å². The molecule has 0 aliphatic carbocycles. The molecule has 39 heavy (non-hydrogen) atoms. The average molecular weight is 542 g/mol. The number of ether oxygens (including phenoxy) is 5. The van der Waals surface area contributed by atoms with Crippen molar-refractivity contribution in [1.29, 1.82) is 0 Å². The number of esters is 2. The minimum Gasteiger partial charge on any atom is -0.463 e. The van der Waals surface area contributed by atoms with Crippen molar-refractivity contribution >= 4 is 17.8 Å². The topological polar surface area (TPSA) is 109 Å². The molecule has 212 valence electrons. The van der Waals surface area contributed by atoms with Crippen LogP contribution in [-0.4, -0.2) is 55.1 Å². The first-order valence-electron chi connectivity index (χ1n) is 13.6. The van der Waals surface area contributed by atoms with Gasteiger partial charge in [-0.15, -0.1) is 0 Å². The highest BCUT2D eigenvalue weighted by Gasteiger charge is 2.50. The summed E-state index contributed by atoms with van der Waals surface area (Å²) in [5.74, 6) is -1.09. The molecule has 9 nitrogen and oxygen atoms in total. The van der Waals surface area contributed by atoms with Crippen LogP contribution in [0.3, 0.4) is 0 Å². The van der Waals surface area contributed by atoms with Crippen LogP contribution in [0.5, 0.6) is 0 Å². The highest BCUT2D eigenvalue weighted by Crippen LogP contribution is 2.29. The Bertz CT molecular complexity index is 1030. The fourth-order valence-corrected chi connectivity index (χ4v) is 4.19. The van der Waals surface area contributed by atoms with Gasteiger partial charge in [0.2, 0.25) is 5.91 Å². The molecule has 5 atom stereocenters. The minimum absolute atomic E-state index is 0.129. The zero-order chi connectivity index (χ0) is 28.0. The summed E-state index contributed by atoms with van der Waals surface area (Å²) in [6.07, 6.45) is -2.40. The Labute approximate surface area is 230 Å². The molecule has 1 fully saturated rings. The van der Waals surface area contributed by atoms with E-state index in [-0.39, 0.29) is 38.6 Å². The first-order chi connectivity index (χ1) is 18.9. The van der Waals surface area contributed by atoms with Gasteiger partial charge in [0.25, 0.3) is 0 Å². The Balaban J connectivity index is 1.95. The van der Waals surface area contributed by atoms with E-state index < -0.39 is 42.6 Å². The zero-order valence-electron chi connectivity index (χ0n) is 22.9. The second kappa shape index (κ2) is 16.0. The lowest BCUT2D eigenvalue weighted by Crippen LogP contribution is -2.66. The minimum atomic E-state index is -0.964. The fourth-order valence-electron chi connectivity index (χ4n) is 4.19. The highest BCUT2D eigenvalue weighted by molar-refractivity contribution is 5.76. The average Bonchev–Trinajstić information content (AvgIpc) is 2.96. The van der Waals surface area contributed by atoms with Crippen LogP contribution in [0.2, 0.25) is 0 Å². The van der Waals surface area contributed by atoms with Gasteiger partial charge in [0.15, 0.2) is 12.4 Å². The van der Waals surface area contributed by atoms with E-state index in [1.807, 2.05) is 67.6 Å². The lowest BCUT2D eigenvalue weighted by Gasteiger charge is -2.45. The molecule has 9 heteroatoms. The third-order valence-electron chi connectivity index (χ3n) is 6.25. The van der Waals surface area contributed by atoms with Crippen LogP contribution in [0.1, 0.15) is 57.6 Å². The first kappa shape index (κ1) is 30.3. The molecule has 0 aromatic heterocycles. The van der Waals surface area contributed by atoms with E-state index in [2.05, 4.69) is 5.32 Å². The summed E-state index contributed by atoms with van der Waals surface area (Å²) in [7, 11) is 0. The SMILES string of the molecule is CCCC(=O)N[C@H]1C(OCc2ccccc2)O[C@H](COC(=O)CC)[C@@H](OC(=O)CC)[C@@H]1OCc1ccccc1. The zero-order valence-corrected chi connectivity index (χ0v) is 22.9. The summed E-state index contributed by atoms with van der Waals surface area (Å²) < 4.78 is 30.0. The van der Waals surface area contributed by atoms with Gasteiger partial charge in [0.05, 0.1) is 13.2 Å². The third-order valence-corrected chi connectivity index (χ3v) is 6.25. The number of hydrogen-bond acceptors (Lipinski definition) is 8. The smallest absolute Gasteiger partial charge is 0.305 e. The third kappa shape index (κ3) is 9.45. The van der Waals surface area contributed by atoms with Crippen LogP contribution in [0.25, 0.3) is 0 Å². The summed E-state index contributed by atoms with van der Waals surface area (Å²) >= 11 is 0. The molecule has 3 rings (SSSR count). The molecule has 1 N–H and O–H groups in total. The molecule has 0 bridgehead atoms. The van der Waals surface area contributed by atoms with Crippen LogP contribution < -0.4 is 5.32 Å². The summed E-state index contributed by atoms with van der Waals surface area (Å²) in [4.78, 5) is 37.3. The van der Waals surface area contributed by atoms with Crippen molar-refractivity contribution < 1.29 is 38.1 Å². The number of amides is 1. The Kier molecular flexibility index (Phi) is 12.4. The molecule has 0 radical (unpaired) electrons. The van der Waals surface area contributed by atoms with Gasteiger partial charge < -0.3 is 29.0 Å². The molecule has 0 spiro atoms. The second-order valence-corrected chi connectivity index (χ2v) is 9.29. The maximum atomic E-state index is 12.8. The van der Waals surface area contributed by atoms with Crippen LogP contribution in [0, 0.1) is 0 Å². The molecule has 0 saturated carbocycles. The molecule has 1 saturated heterocycles. The second-order valence-electron chi connectivity index (χ2n) is 9.29. The Morgan fingerprint density at radius 2 is 1.38 bits per heavy atom. The Morgan fingerprint density at radius 3 is 1.95 bits per heavy atom. The molecule has 1 aliphatic rings. The number of hydrogen-bond donors (Lipinski definition) is 1. The van der Waals surface area contributed by atoms with Crippen molar-refractivity contribution in [3.05, 3.63) is 71.8 Å². The number of nitrogens with one attached hydrogen (secondary N) is 1. The number of benzene rings is 2. The van der Waals surface area contributed by atoms with Gasteiger partial charge in [0.1, 0.15) is 24.9 Å². The quantitative estimate of drug-likeness (QED) is 0.357. The van der Waals surface area contributed by atoms with E-state index in [0.717, 1.165) is 11.1 Å². The summed E-state index contributed by atoms with van der Waals surface area (Å²) in [6, 6.07) is 18.3. The van der Waals surface area contributed by atoms with Crippen molar-refractivity contribution in [2.75, 3.05) is 6.61 Å². The summed E-state index contributed by atoms with van der Waals surface area (Å²) in [6.45, 7) is 5.52. The highest BCUT2D eigenvalue weighted by atomic mass is 16.7. The number of rotatable bonds is 14. The van der Waals surface area contributed by atoms with E-state index in [1.54, 1.807) is 13.8 Å². The Hall–Kier alpha value is -3.27. The van der Waals surface area contributed by atoms with Gasteiger partial charge in [-0.3, -0.25) is 14.4 Å². The van der Waals surface area contributed by atoms with Gasteiger partial charge in [-0.2, -0.15) is 0 Å². The van der Waals surface area contributed by atoms with Gasteiger partial charge in [0, 0.05) is 19.3 Å². The van der Waals surface area contributed by atoms with Gasteiger partial charge in [-0.05, 0) is 17.5 Å². The van der Waals surface area contributed by atoms with E-state index >= 15 is 0 Å². The summed E-state index contributed by atoms with van der Waals surface area (Å²) in [5, 5.41) is 3.00. The van der Waals surface area contributed by atoms with Gasteiger partial charge in [-0.1, -0.05) is 81.4 Å². The predicted octanol–water partition coefficient (Wildman–Crippen LogP) is 4.07. The van der Waals surface area contributed by atoms with Crippen molar-refractivity contribution in [2.45, 2.75) is 90.3 Å². The maximum absolute atomic E-state index is 12.8. The predicted molar refractivity (Wildman–Crippen MR) is 143 cm³/mol. The largest absolute Gasteiger partial charge is 0.463 e. The normalized spacial score (nSPS) is 22.6. The first-order valence-corrected chi connectivity index (χ1v) is 13.6. The Morgan fingerprint density at radius 1 is 0.795 bits per heavy atom. The van der Waals surface area contributed by atoms with Crippen molar-refractivity contribution in [3.8, 4) is 0 Å². The molecule has 2 aromatic carbocycles. The van der Waals surface area contributed by atoms with Crippen LogP contribution in [-0.2, 0) is 51.3 Å². The van der Waals surface area contributed by atoms with E-state index in [9.17, 15) is 14.4 Å². The molecule has 1 unspecified atom stereocenters. The lowest BCUT2D eigenvalue weighted by molar-refractivity contribution is -0.286. The molecular weight excluding hydrogens is 502 g/mol. The monoisotopic (exact) mass is 541 g/mol. The van der Waals surface area contributed by atoms with E-state index in [0.29, 0.717) is 12.8 Å². The van der Waals surface area contributed by atoms with Crippen LogP contribution >= 0.6 is 0 Å². The number of carbonyl (C=O) groups excluding carboxylic acids is 3. The number of carbonyl (C=O) groups is 3. The van der Waals surface area contributed by atoms with Crippen molar-refractivity contribution in [2.24, 2.45) is 0 Å². The van der Waals surface area contributed by atoms with Crippen molar-refractivity contribution in [1.82, 2.24) is 5.32 Å². The van der Waals surface area contributed by atoms with Gasteiger partial charge >= 0.3 is 11.9 Å². The van der Waals surface area contributed by atoms with Crippen molar-refractivity contribution in [3.63, 3.8) is 0 Å². The van der Waals surface area contributed by atoms with E-state index in [4.69, 9.17) is 23.7 Å². The standard InChI is InChI=1S/C30H39NO8/c1-4-13-24(32)31-27-29(36-18-21-14-9-7-10-15-21)28(39-26(34)6-3)23(20-35-25(33)5-2)38-30(27)37-19-22-16-11-8-12-17-22/h7-12,14-17,23,27-30H,4-6,13,18-20H2,1-3H3,(H,31,32)/t23-,27-,28-,29-,30?/m1/s1. The van der Waals surface area contributed by atoms with Crippen LogP contribution in [0.15, 0.2) is 60.7 Å². The maximum Gasteiger partial charge on any atom is 0.305 e. The fraction of sp³-hybridized carbons (Fsp3) is 0.500. The summed E-state index contributed by atoms with van der Waals surface area (Å²) in [5.41, 5.74) is 1.81. The van der Waals surface area contributed by atoms with E-state index in [1.165, 1.54) is 0 Å². The molecule has 1 heterocycles. The molecule has 1 amide bonds. The lowest BCUT2D eigenvalue weighted by atomic mass is 9.95.